The third-order valence-electron chi connectivity index (χ3n) is 2.23. The van der Waals surface area contributed by atoms with Crippen molar-refractivity contribution in [2.75, 3.05) is 12.9 Å². The molecular weight excluding hydrogens is 211 g/mol. The molecule has 4 heteroatoms. The summed E-state index contributed by atoms with van der Waals surface area (Å²) >= 11 is 1.71. The minimum absolute atomic E-state index is 0.836. The van der Waals surface area contributed by atoms with Gasteiger partial charge in [0.2, 0.25) is 0 Å². The summed E-state index contributed by atoms with van der Waals surface area (Å²) in [5.74, 6) is 0. The van der Waals surface area contributed by atoms with Crippen LogP contribution in [0.3, 0.4) is 0 Å². The van der Waals surface area contributed by atoms with E-state index in [2.05, 4.69) is 35.4 Å². The molecule has 1 unspecified atom stereocenters. The molecule has 1 aliphatic rings. The number of aromatic nitrogens is 1. The topological polar surface area (TPSA) is 24.9 Å². The van der Waals surface area contributed by atoms with Crippen LogP contribution in [-0.4, -0.2) is 17.9 Å². The molecule has 1 aromatic heterocycles. The highest BCUT2D eigenvalue weighted by Crippen LogP contribution is 2.21. The molecule has 0 aromatic carbocycles. The van der Waals surface area contributed by atoms with Gasteiger partial charge in [-0.05, 0) is 36.6 Å². The SMILES string of the molecule is CPc1cc(SC)nc2c1C=CNC2. The first kappa shape index (κ1) is 10.0. The van der Waals surface area contributed by atoms with Crippen LogP contribution in [0.5, 0.6) is 0 Å². The highest BCUT2D eigenvalue weighted by molar-refractivity contribution is 7.98. The van der Waals surface area contributed by atoms with Crippen LogP contribution in [0.1, 0.15) is 11.3 Å². The van der Waals surface area contributed by atoms with Crippen molar-refractivity contribution < 1.29 is 0 Å². The van der Waals surface area contributed by atoms with Crippen molar-refractivity contribution in [2.45, 2.75) is 11.6 Å². The van der Waals surface area contributed by atoms with E-state index in [0.29, 0.717) is 0 Å². The summed E-state index contributed by atoms with van der Waals surface area (Å²) in [6.45, 7) is 3.08. The second-order valence-electron chi connectivity index (χ2n) is 3.04. The third kappa shape index (κ3) is 1.79. The summed E-state index contributed by atoms with van der Waals surface area (Å²) in [6.07, 6.45) is 6.21. The maximum absolute atomic E-state index is 4.59. The van der Waals surface area contributed by atoms with Crippen LogP contribution >= 0.6 is 20.3 Å². The van der Waals surface area contributed by atoms with Crippen LogP contribution < -0.4 is 10.6 Å². The van der Waals surface area contributed by atoms with Gasteiger partial charge in [-0.1, -0.05) is 8.58 Å². The van der Waals surface area contributed by atoms with Crippen molar-refractivity contribution in [1.29, 1.82) is 0 Å². The van der Waals surface area contributed by atoms with Crippen molar-refractivity contribution in [2.24, 2.45) is 0 Å². The summed E-state index contributed by atoms with van der Waals surface area (Å²) in [7, 11) is 0.836. The van der Waals surface area contributed by atoms with Crippen molar-refractivity contribution in [3.05, 3.63) is 23.5 Å². The number of nitrogens with one attached hydrogen (secondary N) is 1. The molecule has 0 saturated carbocycles. The van der Waals surface area contributed by atoms with Crippen LogP contribution in [-0.2, 0) is 6.54 Å². The molecule has 1 aromatic rings. The Bertz CT molecular complexity index is 377. The van der Waals surface area contributed by atoms with Crippen LogP contribution in [0.2, 0.25) is 0 Å². The number of hydrogen-bond acceptors (Lipinski definition) is 3. The van der Waals surface area contributed by atoms with Crippen LogP contribution in [0.25, 0.3) is 6.08 Å². The molecule has 0 radical (unpaired) electrons. The standard InChI is InChI=1S/C10H13N2PS/c1-13-9-5-10(14-2)12-8-6-11-4-3-7(8)9/h3-5,11,13H,6H2,1-2H3. The van der Waals surface area contributed by atoms with Gasteiger partial charge >= 0.3 is 0 Å². The van der Waals surface area contributed by atoms with Gasteiger partial charge in [-0.25, -0.2) is 4.98 Å². The fourth-order valence-corrected chi connectivity index (χ4v) is 2.83. The predicted octanol–water partition coefficient (Wildman–Crippen LogP) is 1.81. The van der Waals surface area contributed by atoms with E-state index in [9.17, 15) is 0 Å². The zero-order valence-corrected chi connectivity index (χ0v) is 10.1. The molecule has 1 aliphatic heterocycles. The number of rotatable bonds is 2. The van der Waals surface area contributed by atoms with Crippen molar-refractivity contribution in [3.63, 3.8) is 0 Å². The molecule has 0 bridgehead atoms. The Morgan fingerprint density at radius 2 is 2.43 bits per heavy atom. The molecular formula is C10H13N2PS. The average Bonchev–Trinajstić information content (AvgIpc) is 2.27. The largest absolute Gasteiger partial charge is 0.385 e. The van der Waals surface area contributed by atoms with Gasteiger partial charge in [0.05, 0.1) is 17.3 Å². The molecule has 2 nitrogen and oxygen atoms in total. The monoisotopic (exact) mass is 224 g/mol. The van der Waals surface area contributed by atoms with Crippen molar-refractivity contribution >= 4 is 31.7 Å². The van der Waals surface area contributed by atoms with E-state index in [1.165, 1.54) is 16.6 Å². The van der Waals surface area contributed by atoms with Crippen LogP contribution in [0.15, 0.2) is 17.3 Å². The fraction of sp³-hybridized carbons (Fsp3) is 0.300. The number of hydrogen-bond donors (Lipinski definition) is 1. The van der Waals surface area contributed by atoms with E-state index < -0.39 is 0 Å². The summed E-state index contributed by atoms with van der Waals surface area (Å²) in [5.41, 5.74) is 2.51. The third-order valence-corrected chi connectivity index (χ3v) is 3.81. The van der Waals surface area contributed by atoms with Crippen molar-refractivity contribution in [1.82, 2.24) is 10.3 Å². The lowest BCUT2D eigenvalue weighted by molar-refractivity contribution is 0.809. The Hall–Kier alpha value is -0.530. The summed E-state index contributed by atoms with van der Waals surface area (Å²) in [5, 5.41) is 5.75. The lowest BCUT2D eigenvalue weighted by Crippen LogP contribution is -2.17. The van der Waals surface area contributed by atoms with E-state index in [1.807, 2.05) is 6.20 Å². The second-order valence-corrected chi connectivity index (χ2v) is 4.90. The van der Waals surface area contributed by atoms with E-state index in [1.54, 1.807) is 11.8 Å². The molecule has 1 atom stereocenters. The molecule has 0 amide bonds. The average molecular weight is 224 g/mol. The normalized spacial score (nSPS) is 14.4. The van der Waals surface area contributed by atoms with Gasteiger partial charge in [-0.15, -0.1) is 11.8 Å². The summed E-state index contributed by atoms with van der Waals surface area (Å²) in [6, 6.07) is 2.21. The van der Waals surface area contributed by atoms with Gasteiger partial charge < -0.3 is 5.32 Å². The molecule has 2 rings (SSSR count). The zero-order chi connectivity index (χ0) is 9.97. The lowest BCUT2D eigenvalue weighted by Gasteiger charge is -2.15. The first-order valence-corrected chi connectivity index (χ1v) is 7.23. The maximum Gasteiger partial charge on any atom is 0.0968 e. The lowest BCUT2D eigenvalue weighted by atomic mass is 10.1. The summed E-state index contributed by atoms with van der Waals surface area (Å²) < 4.78 is 0. The highest BCUT2D eigenvalue weighted by atomic mass is 32.2. The molecule has 2 heterocycles. The van der Waals surface area contributed by atoms with E-state index >= 15 is 0 Å². The number of fused-ring (bicyclic) bond motifs is 1. The fourth-order valence-electron chi connectivity index (χ4n) is 1.51. The first-order valence-electron chi connectivity index (χ1n) is 4.50. The molecule has 0 aliphatic carbocycles. The molecule has 14 heavy (non-hydrogen) atoms. The number of pyridine rings is 1. The van der Waals surface area contributed by atoms with Crippen LogP contribution in [0.4, 0.5) is 0 Å². The molecule has 0 saturated heterocycles. The smallest absolute Gasteiger partial charge is 0.0968 e. The second kappa shape index (κ2) is 4.33. The Morgan fingerprint density at radius 3 is 3.14 bits per heavy atom. The minimum Gasteiger partial charge on any atom is -0.385 e. The first-order chi connectivity index (χ1) is 6.85. The Balaban J connectivity index is 2.54. The Kier molecular flexibility index (Phi) is 3.09. The molecule has 0 spiro atoms. The van der Waals surface area contributed by atoms with E-state index in [-0.39, 0.29) is 0 Å². The van der Waals surface area contributed by atoms with Gasteiger partial charge in [0.25, 0.3) is 0 Å². The molecule has 0 fully saturated rings. The van der Waals surface area contributed by atoms with E-state index in [4.69, 9.17) is 0 Å². The zero-order valence-electron chi connectivity index (χ0n) is 8.29. The highest BCUT2D eigenvalue weighted by Gasteiger charge is 2.11. The van der Waals surface area contributed by atoms with Crippen molar-refractivity contribution in [3.8, 4) is 0 Å². The number of thioether (sulfide) groups is 1. The predicted molar refractivity (Wildman–Crippen MR) is 65.8 cm³/mol. The van der Waals surface area contributed by atoms with Gasteiger partial charge in [-0.2, -0.15) is 0 Å². The summed E-state index contributed by atoms with van der Waals surface area (Å²) in [4.78, 5) is 4.59. The minimum atomic E-state index is 0.836. The Morgan fingerprint density at radius 1 is 1.57 bits per heavy atom. The Labute approximate surface area is 90.4 Å². The van der Waals surface area contributed by atoms with E-state index in [0.717, 1.165) is 20.2 Å². The van der Waals surface area contributed by atoms with Crippen LogP contribution in [0, 0.1) is 0 Å². The number of nitrogens with zero attached hydrogens (tertiary/aromatic N) is 1. The molecule has 1 N–H and O–H groups in total. The van der Waals surface area contributed by atoms with Gasteiger partial charge in [-0.3, -0.25) is 0 Å². The maximum atomic E-state index is 4.59. The quantitative estimate of drug-likeness (QED) is 0.612. The van der Waals surface area contributed by atoms with Gasteiger partial charge in [0.15, 0.2) is 0 Å². The van der Waals surface area contributed by atoms with Gasteiger partial charge in [0, 0.05) is 5.56 Å². The molecule has 74 valence electrons. The van der Waals surface area contributed by atoms with Gasteiger partial charge in [0.1, 0.15) is 0 Å².